The Morgan fingerprint density at radius 3 is 2.39 bits per heavy atom. The minimum Gasteiger partial charge on any atom is -0.493 e. The first-order valence-corrected chi connectivity index (χ1v) is 12.2. The summed E-state index contributed by atoms with van der Waals surface area (Å²) in [5, 5.41) is 37.3. The normalized spacial score (nSPS) is 12.0. The van der Waals surface area contributed by atoms with Gasteiger partial charge in [0.2, 0.25) is 21.8 Å². The average Bonchev–Trinajstić information content (AvgIpc) is 2.84. The van der Waals surface area contributed by atoms with Crippen LogP contribution in [-0.4, -0.2) is 62.0 Å². The monoisotopic (exact) mass is 560 g/mol. The van der Waals surface area contributed by atoms with Crippen LogP contribution in [0.3, 0.4) is 0 Å². The lowest BCUT2D eigenvalue weighted by molar-refractivity contribution is -0.137. The zero-order valence-corrected chi connectivity index (χ0v) is 20.6. The smallest absolute Gasteiger partial charge is 0.420 e. The maximum absolute atomic E-state index is 13.8. The van der Waals surface area contributed by atoms with Crippen molar-refractivity contribution in [3.05, 3.63) is 45.7 Å². The van der Waals surface area contributed by atoms with E-state index in [0.29, 0.717) is 4.57 Å². The molecule has 1 aromatic carbocycles. The van der Waals surface area contributed by atoms with Crippen molar-refractivity contribution in [3.63, 3.8) is 0 Å². The van der Waals surface area contributed by atoms with Crippen molar-refractivity contribution in [2.24, 2.45) is 10.2 Å². The number of benzene rings is 1. The van der Waals surface area contributed by atoms with E-state index in [0.717, 1.165) is 31.2 Å². The van der Waals surface area contributed by atoms with Crippen LogP contribution in [-0.2, 0) is 32.3 Å². The molecule has 1 heterocycles. The largest absolute Gasteiger partial charge is 0.493 e. The van der Waals surface area contributed by atoms with Crippen LogP contribution in [0, 0.1) is 11.3 Å². The topological polar surface area (TPSA) is 195 Å². The lowest BCUT2D eigenvalue weighted by Crippen LogP contribution is -2.31. The van der Waals surface area contributed by atoms with Crippen LogP contribution in [0.5, 0.6) is 5.88 Å². The van der Waals surface area contributed by atoms with Gasteiger partial charge in [0.15, 0.2) is 5.69 Å². The average molecular weight is 561 g/mol. The second-order valence-electron chi connectivity index (χ2n) is 7.40. The number of nitrogens with zero attached hydrogens (tertiary/aromatic N) is 4. The summed E-state index contributed by atoms with van der Waals surface area (Å²) in [6.45, 7) is 0.190. The first-order valence-electron chi connectivity index (χ1n) is 10.7. The first-order chi connectivity index (χ1) is 17.8. The molecule has 17 heteroatoms. The number of aliphatic hydroxyl groups excluding tert-OH is 1. The van der Waals surface area contributed by atoms with Crippen LogP contribution in [0.1, 0.15) is 18.1 Å². The molecule has 4 N–H and O–H groups in total. The molecule has 0 atom stereocenters. The molecule has 0 aliphatic rings. The summed E-state index contributed by atoms with van der Waals surface area (Å²) >= 11 is 0. The van der Waals surface area contributed by atoms with Crippen LogP contribution in [0.15, 0.2) is 44.2 Å². The number of nitrogens with one attached hydrogen (secondary N) is 2. The molecule has 2 aromatic rings. The lowest BCUT2D eigenvalue weighted by Gasteiger charge is -2.16. The molecule has 206 valence electrons. The quantitative estimate of drug-likeness (QED) is 0.220. The van der Waals surface area contributed by atoms with Gasteiger partial charge >= 0.3 is 6.18 Å². The summed E-state index contributed by atoms with van der Waals surface area (Å²) in [6, 6.07) is 5.65. The second-order valence-corrected chi connectivity index (χ2v) is 9.17. The van der Waals surface area contributed by atoms with E-state index in [2.05, 4.69) is 20.3 Å². The summed E-state index contributed by atoms with van der Waals surface area (Å²) in [4.78, 5) is 23.7. The van der Waals surface area contributed by atoms with Gasteiger partial charge in [-0.3, -0.25) is 14.2 Å². The maximum atomic E-state index is 13.8. The molecule has 13 nitrogen and oxygen atoms in total. The Morgan fingerprint density at radius 1 is 1.18 bits per heavy atom. The van der Waals surface area contributed by atoms with E-state index < -0.39 is 56.9 Å². The molecule has 0 fully saturated rings. The number of amides is 1. The number of pyridine rings is 1. The van der Waals surface area contributed by atoms with E-state index in [9.17, 15) is 41.5 Å². The minimum absolute atomic E-state index is 0.00723. The van der Waals surface area contributed by atoms with Gasteiger partial charge in [-0.25, -0.2) is 13.1 Å². The molecular formula is C21H23F3N6O7S. The fourth-order valence-corrected chi connectivity index (χ4v) is 4.03. The Balaban J connectivity index is 2.42. The first kappa shape index (κ1) is 30.4. The Morgan fingerprint density at radius 2 is 1.84 bits per heavy atom. The highest BCUT2D eigenvalue weighted by Crippen LogP contribution is 2.40. The number of aromatic nitrogens is 1. The van der Waals surface area contributed by atoms with Crippen molar-refractivity contribution >= 4 is 27.3 Å². The molecule has 38 heavy (non-hydrogen) atoms. The Labute approximate surface area is 214 Å². The number of aromatic hydroxyl groups is 1. The Kier molecular flexibility index (Phi) is 10.5. The van der Waals surface area contributed by atoms with E-state index >= 15 is 0 Å². The van der Waals surface area contributed by atoms with Crippen molar-refractivity contribution in [3.8, 4) is 11.9 Å². The minimum atomic E-state index is -5.27. The molecule has 0 saturated heterocycles. The van der Waals surface area contributed by atoms with Gasteiger partial charge in [-0.2, -0.15) is 23.5 Å². The van der Waals surface area contributed by atoms with Crippen LogP contribution in [0.25, 0.3) is 0 Å². The summed E-state index contributed by atoms with van der Waals surface area (Å²) in [5.74, 6) is -1.75. The van der Waals surface area contributed by atoms with Crippen molar-refractivity contribution in [1.82, 2.24) is 14.6 Å². The molecule has 0 saturated carbocycles. The van der Waals surface area contributed by atoms with Gasteiger partial charge in [0.05, 0.1) is 30.4 Å². The molecule has 0 aliphatic heterocycles. The van der Waals surface area contributed by atoms with Gasteiger partial charge in [-0.15, -0.1) is 5.11 Å². The van der Waals surface area contributed by atoms with Crippen molar-refractivity contribution in [2.45, 2.75) is 24.5 Å². The van der Waals surface area contributed by atoms with Crippen LogP contribution in [0.4, 0.5) is 24.5 Å². The van der Waals surface area contributed by atoms with E-state index in [1.807, 2.05) is 0 Å². The fraction of sp³-hybridized carbons (Fsp3) is 0.381. The number of carbonyl (C=O) groups is 1. The van der Waals surface area contributed by atoms with Gasteiger partial charge in [0, 0.05) is 26.6 Å². The molecule has 1 aromatic heterocycles. The van der Waals surface area contributed by atoms with Crippen LogP contribution in [0.2, 0.25) is 0 Å². The van der Waals surface area contributed by atoms with Crippen molar-refractivity contribution in [1.29, 1.82) is 5.26 Å². The van der Waals surface area contributed by atoms with Gasteiger partial charge in [-0.05, 0) is 24.3 Å². The predicted molar refractivity (Wildman–Crippen MR) is 124 cm³/mol. The van der Waals surface area contributed by atoms with Gasteiger partial charge in [-0.1, -0.05) is 0 Å². The maximum Gasteiger partial charge on any atom is 0.420 e. The summed E-state index contributed by atoms with van der Waals surface area (Å²) < 4.78 is 73.5. The van der Waals surface area contributed by atoms with E-state index in [-0.39, 0.29) is 43.5 Å². The SMILES string of the molecule is CC(=O)NCCn1c(O)c(C#N)c(C(F)(F)F)c(N=Nc2ccc(S(=O)(=O)NCCOCCO)cc2)c1=O. The van der Waals surface area contributed by atoms with Crippen LogP contribution < -0.4 is 15.6 Å². The molecule has 1 amide bonds. The number of halogens is 3. The second kappa shape index (κ2) is 13.1. The van der Waals surface area contributed by atoms with E-state index in [1.54, 1.807) is 0 Å². The molecule has 0 unspecified atom stereocenters. The third-order valence-corrected chi connectivity index (χ3v) is 6.18. The zero-order chi connectivity index (χ0) is 28.5. The number of sulfonamides is 1. The lowest BCUT2D eigenvalue weighted by atomic mass is 10.1. The number of alkyl halides is 3. The van der Waals surface area contributed by atoms with Crippen LogP contribution >= 0.6 is 0 Å². The number of azo groups is 1. The summed E-state index contributed by atoms with van der Waals surface area (Å²) in [7, 11) is -3.96. The third kappa shape index (κ3) is 7.82. The van der Waals surface area contributed by atoms with E-state index in [1.165, 1.54) is 6.07 Å². The number of aliphatic hydroxyl groups is 1. The number of hydrogen-bond acceptors (Lipinski definition) is 10. The highest BCUT2D eigenvalue weighted by Gasteiger charge is 2.41. The van der Waals surface area contributed by atoms with Gasteiger partial charge in [0.1, 0.15) is 17.2 Å². The zero-order valence-electron chi connectivity index (χ0n) is 19.8. The van der Waals surface area contributed by atoms with Crippen molar-refractivity contribution in [2.75, 3.05) is 32.9 Å². The molecule has 0 bridgehead atoms. The highest BCUT2D eigenvalue weighted by atomic mass is 32.2. The molecular weight excluding hydrogens is 537 g/mol. The summed E-state index contributed by atoms with van der Waals surface area (Å²) in [6.07, 6.45) is -5.27. The Bertz CT molecular complexity index is 1380. The number of hydrogen-bond donors (Lipinski definition) is 4. The highest BCUT2D eigenvalue weighted by molar-refractivity contribution is 7.89. The predicted octanol–water partition coefficient (Wildman–Crippen LogP) is 1.28. The van der Waals surface area contributed by atoms with Gasteiger partial charge < -0.3 is 20.3 Å². The van der Waals surface area contributed by atoms with Crippen molar-refractivity contribution < 1.29 is 41.3 Å². The number of rotatable bonds is 12. The number of carbonyl (C=O) groups excluding carboxylic acids is 1. The fourth-order valence-electron chi connectivity index (χ4n) is 3.02. The standard InChI is InChI=1S/C21H23F3N6O7S/c1-13(32)26-6-8-30-19(33)16(12-25)17(21(22,23)24)18(20(30)34)29-28-14-2-4-15(5-3-14)38(35,36)27-7-10-37-11-9-31/h2-5,27,31,33H,6-11H2,1H3,(H,26,32). The number of ether oxygens (including phenoxy) is 1. The van der Waals surface area contributed by atoms with E-state index in [4.69, 9.17) is 9.84 Å². The Hall–Kier alpha value is -3.85. The van der Waals surface area contributed by atoms with Gasteiger partial charge in [0.25, 0.3) is 5.56 Å². The molecule has 0 aliphatic carbocycles. The molecule has 2 rings (SSSR count). The summed E-state index contributed by atoms with van der Waals surface area (Å²) in [5.41, 5.74) is -5.89. The molecule has 0 spiro atoms. The third-order valence-electron chi connectivity index (χ3n) is 4.71. The number of nitriles is 1. The molecule has 0 radical (unpaired) electrons.